The summed E-state index contributed by atoms with van der Waals surface area (Å²) in [6, 6.07) is 6.74. The molecule has 0 spiro atoms. The third-order valence-electron chi connectivity index (χ3n) is 1.15. The van der Waals surface area contributed by atoms with Crippen molar-refractivity contribution in [2.24, 2.45) is 5.73 Å². The van der Waals surface area contributed by atoms with E-state index in [9.17, 15) is 4.79 Å². The van der Waals surface area contributed by atoms with Crippen molar-refractivity contribution < 1.29 is 35.8 Å². The number of nitrogens with two attached hydrogens (primary N) is 1. The van der Waals surface area contributed by atoms with E-state index in [0.29, 0.717) is 5.56 Å². The Morgan fingerprint density at radius 1 is 1.36 bits per heavy atom. The molecule has 0 unspecified atom stereocenters. The van der Waals surface area contributed by atoms with Gasteiger partial charge in [0.1, 0.15) is 0 Å². The fraction of sp³-hybridized carbons (Fsp3) is 0. The molecule has 0 atom stereocenters. The Hall–Kier alpha value is 0.0400. The molecule has 0 fully saturated rings. The molecule has 54 valence electrons. The first kappa shape index (κ1) is 11.0. The van der Waals surface area contributed by atoms with Gasteiger partial charge in [-0.3, -0.25) is 4.79 Å². The maximum atomic E-state index is 10.5. The van der Waals surface area contributed by atoms with E-state index in [1.54, 1.807) is 24.3 Å². The molecule has 1 rings (SSSR count). The van der Waals surface area contributed by atoms with Crippen molar-refractivity contribution >= 4 is 18.5 Å². The van der Waals surface area contributed by atoms with Crippen LogP contribution in [0.15, 0.2) is 29.2 Å². The number of hydrogen-bond donors (Lipinski definition) is 2. The molecule has 0 aliphatic carbocycles. The Kier molecular flexibility index (Phi) is 4.84. The van der Waals surface area contributed by atoms with Crippen LogP contribution in [0.3, 0.4) is 0 Å². The first-order valence-corrected chi connectivity index (χ1v) is 3.23. The second kappa shape index (κ2) is 4.83. The summed E-state index contributed by atoms with van der Waals surface area (Å²) in [6.45, 7) is 0. The molecule has 0 saturated carbocycles. The maximum Gasteiger partial charge on any atom is 1.00 e. The van der Waals surface area contributed by atoms with E-state index in [1.165, 1.54) is 0 Å². The molecule has 1 aromatic carbocycles. The molecule has 0 aromatic heterocycles. The quantitative estimate of drug-likeness (QED) is 0.385. The third-order valence-corrected chi connectivity index (χ3v) is 1.45. The van der Waals surface area contributed by atoms with E-state index >= 15 is 0 Å². The van der Waals surface area contributed by atoms with E-state index in [0.717, 1.165) is 4.90 Å². The standard InChI is InChI=1S/C7H7NOS.Na.H/c8-7(9)5-1-3-6(10)4-2-5;;/h1-4,10H,(H2,8,9);;/q;+1;-1. The van der Waals surface area contributed by atoms with E-state index in [1.807, 2.05) is 0 Å². The zero-order chi connectivity index (χ0) is 7.56. The summed E-state index contributed by atoms with van der Waals surface area (Å²) < 4.78 is 0. The van der Waals surface area contributed by atoms with E-state index in [4.69, 9.17) is 5.73 Å². The summed E-state index contributed by atoms with van der Waals surface area (Å²) >= 11 is 4.05. The van der Waals surface area contributed by atoms with Crippen LogP contribution in [-0.4, -0.2) is 5.91 Å². The fourth-order valence-corrected chi connectivity index (χ4v) is 0.775. The van der Waals surface area contributed by atoms with Gasteiger partial charge in [-0.1, -0.05) is 0 Å². The largest absolute Gasteiger partial charge is 1.00 e. The maximum absolute atomic E-state index is 10.5. The number of hydrogen-bond acceptors (Lipinski definition) is 2. The van der Waals surface area contributed by atoms with Crippen molar-refractivity contribution in [1.29, 1.82) is 0 Å². The monoisotopic (exact) mass is 177 g/mol. The van der Waals surface area contributed by atoms with Gasteiger partial charge in [-0.15, -0.1) is 12.6 Å². The smallest absolute Gasteiger partial charge is 1.00 e. The van der Waals surface area contributed by atoms with Gasteiger partial charge in [-0.05, 0) is 24.3 Å². The van der Waals surface area contributed by atoms with Crippen LogP contribution in [0, 0.1) is 0 Å². The van der Waals surface area contributed by atoms with Crippen LogP contribution >= 0.6 is 12.6 Å². The molecule has 0 radical (unpaired) electrons. The van der Waals surface area contributed by atoms with Crippen LogP contribution in [0.25, 0.3) is 0 Å². The van der Waals surface area contributed by atoms with Crippen LogP contribution < -0.4 is 35.3 Å². The van der Waals surface area contributed by atoms with Gasteiger partial charge >= 0.3 is 29.6 Å². The van der Waals surface area contributed by atoms with Crippen molar-refractivity contribution in [3.8, 4) is 0 Å². The van der Waals surface area contributed by atoms with Crippen molar-refractivity contribution in [3.05, 3.63) is 29.8 Å². The molecule has 2 nitrogen and oxygen atoms in total. The molecule has 0 heterocycles. The van der Waals surface area contributed by atoms with Gasteiger partial charge in [0.15, 0.2) is 0 Å². The minimum Gasteiger partial charge on any atom is -1.00 e. The van der Waals surface area contributed by atoms with Gasteiger partial charge in [0.05, 0.1) is 0 Å². The van der Waals surface area contributed by atoms with Crippen LogP contribution in [-0.2, 0) is 0 Å². The minimum atomic E-state index is -0.409. The second-order valence-corrected chi connectivity index (χ2v) is 2.43. The number of benzene rings is 1. The van der Waals surface area contributed by atoms with Gasteiger partial charge in [0.2, 0.25) is 5.91 Å². The van der Waals surface area contributed by atoms with Gasteiger partial charge in [-0.25, -0.2) is 0 Å². The van der Waals surface area contributed by atoms with Crippen molar-refractivity contribution in [3.63, 3.8) is 0 Å². The van der Waals surface area contributed by atoms with E-state index < -0.39 is 5.91 Å². The van der Waals surface area contributed by atoms with Gasteiger partial charge in [0.25, 0.3) is 0 Å². The van der Waals surface area contributed by atoms with E-state index in [2.05, 4.69) is 12.6 Å². The fourth-order valence-electron chi connectivity index (χ4n) is 0.626. The predicted octanol–water partition coefficient (Wildman–Crippen LogP) is -1.81. The Morgan fingerprint density at radius 2 is 1.82 bits per heavy atom. The Morgan fingerprint density at radius 3 is 2.18 bits per heavy atom. The first-order chi connectivity index (χ1) is 4.70. The van der Waals surface area contributed by atoms with Gasteiger partial charge in [0, 0.05) is 10.5 Å². The Balaban J connectivity index is 0. The zero-order valence-corrected chi connectivity index (χ0v) is 9.14. The number of carbonyl (C=O) groups excluding carboxylic acids is 1. The number of carbonyl (C=O) groups is 1. The van der Waals surface area contributed by atoms with Crippen molar-refractivity contribution in [1.82, 2.24) is 0 Å². The first-order valence-electron chi connectivity index (χ1n) is 2.79. The van der Waals surface area contributed by atoms with Crippen LogP contribution in [0.5, 0.6) is 0 Å². The van der Waals surface area contributed by atoms with Crippen molar-refractivity contribution in [2.75, 3.05) is 0 Å². The molecule has 2 N–H and O–H groups in total. The summed E-state index contributed by atoms with van der Waals surface area (Å²) in [7, 11) is 0. The normalized spacial score (nSPS) is 8.45. The molecule has 1 aromatic rings. The molecular formula is C7H8NNaOS. The number of primary amides is 1. The molecule has 0 aliphatic heterocycles. The molecule has 0 aliphatic rings. The third kappa shape index (κ3) is 3.29. The number of rotatable bonds is 1. The van der Waals surface area contributed by atoms with Crippen molar-refractivity contribution in [2.45, 2.75) is 4.90 Å². The summed E-state index contributed by atoms with van der Waals surface area (Å²) in [5, 5.41) is 0. The molecule has 4 heteroatoms. The van der Waals surface area contributed by atoms with Crippen LogP contribution in [0.4, 0.5) is 0 Å². The number of amides is 1. The topological polar surface area (TPSA) is 43.1 Å². The van der Waals surface area contributed by atoms with Gasteiger partial charge in [-0.2, -0.15) is 0 Å². The summed E-state index contributed by atoms with van der Waals surface area (Å²) in [4.78, 5) is 11.3. The predicted molar refractivity (Wildman–Crippen MR) is 43.3 cm³/mol. The number of thiol groups is 1. The molecular weight excluding hydrogens is 169 g/mol. The average molecular weight is 177 g/mol. The zero-order valence-electron chi connectivity index (χ0n) is 7.24. The molecule has 1 amide bonds. The summed E-state index contributed by atoms with van der Waals surface area (Å²) in [5.41, 5.74) is 5.51. The molecule has 11 heavy (non-hydrogen) atoms. The average Bonchev–Trinajstić information content (AvgIpc) is 1.88. The SMILES string of the molecule is NC(=O)c1ccc(S)cc1.[H-].[Na+]. The second-order valence-electron chi connectivity index (χ2n) is 1.91. The van der Waals surface area contributed by atoms with E-state index in [-0.39, 0.29) is 31.0 Å². The molecule has 0 saturated heterocycles. The van der Waals surface area contributed by atoms with Crippen LogP contribution in [0.2, 0.25) is 0 Å². The van der Waals surface area contributed by atoms with Gasteiger partial charge < -0.3 is 7.16 Å². The van der Waals surface area contributed by atoms with Crippen LogP contribution in [0.1, 0.15) is 11.8 Å². The Bertz CT molecular complexity index is 252. The molecule has 0 bridgehead atoms. The summed E-state index contributed by atoms with van der Waals surface area (Å²) in [5.74, 6) is -0.409. The minimum absolute atomic E-state index is 0. The summed E-state index contributed by atoms with van der Waals surface area (Å²) in [6.07, 6.45) is 0. The Labute approximate surface area is 94.4 Å².